The normalized spacial score (nSPS) is 10.5. The van der Waals surface area contributed by atoms with Crippen LogP contribution < -0.4 is 5.32 Å². The van der Waals surface area contributed by atoms with Crippen LogP contribution in [0.1, 0.15) is 11.3 Å². The van der Waals surface area contributed by atoms with Crippen molar-refractivity contribution in [3.63, 3.8) is 0 Å². The first-order valence-corrected chi connectivity index (χ1v) is 7.46. The van der Waals surface area contributed by atoms with E-state index < -0.39 is 0 Å². The van der Waals surface area contributed by atoms with Crippen molar-refractivity contribution in [3.8, 4) is 5.69 Å². The van der Waals surface area contributed by atoms with E-state index in [-0.39, 0.29) is 5.91 Å². The predicted molar refractivity (Wildman–Crippen MR) is 82.6 cm³/mol. The van der Waals surface area contributed by atoms with E-state index >= 15 is 0 Å². The second-order valence-electron chi connectivity index (χ2n) is 4.51. The van der Waals surface area contributed by atoms with Gasteiger partial charge in [-0.25, -0.2) is 9.67 Å². The van der Waals surface area contributed by atoms with Crippen LogP contribution in [-0.2, 0) is 11.2 Å². The zero-order valence-corrected chi connectivity index (χ0v) is 12.1. The number of amides is 1. The minimum absolute atomic E-state index is 0.0249. The summed E-state index contributed by atoms with van der Waals surface area (Å²) in [5.74, 6) is 0.0249. The van der Waals surface area contributed by atoms with Gasteiger partial charge in [0.25, 0.3) is 0 Å². The summed E-state index contributed by atoms with van der Waals surface area (Å²) < 4.78 is 1.67. The van der Waals surface area contributed by atoms with Crippen molar-refractivity contribution >= 4 is 22.9 Å². The lowest BCUT2D eigenvalue weighted by Gasteiger charge is -2.06. The summed E-state index contributed by atoms with van der Waals surface area (Å²) in [6.07, 6.45) is 4.39. The van der Waals surface area contributed by atoms with Crippen molar-refractivity contribution in [1.82, 2.24) is 14.8 Å². The maximum absolute atomic E-state index is 11.9. The van der Waals surface area contributed by atoms with Crippen LogP contribution in [0.3, 0.4) is 0 Å². The Kier molecular flexibility index (Phi) is 4.07. The van der Waals surface area contributed by atoms with Crippen LogP contribution in [0.2, 0.25) is 0 Å². The molecule has 106 valence electrons. The standard InChI is InChI=1S/C15H14N4OS/c20-15(8-7-14-2-1-9-21-14)18-12-3-5-13(6-4-12)19-11-16-10-17-19/h1-6,9-11H,7-8H2,(H,18,20). The van der Waals surface area contributed by atoms with Crippen LogP contribution in [-0.4, -0.2) is 20.7 Å². The van der Waals surface area contributed by atoms with Crippen molar-refractivity contribution in [2.75, 3.05) is 5.32 Å². The Balaban J connectivity index is 1.56. The van der Waals surface area contributed by atoms with Crippen LogP contribution in [0.25, 0.3) is 5.69 Å². The number of anilines is 1. The maximum Gasteiger partial charge on any atom is 0.224 e. The van der Waals surface area contributed by atoms with E-state index in [9.17, 15) is 4.79 Å². The van der Waals surface area contributed by atoms with Crippen molar-refractivity contribution in [3.05, 3.63) is 59.3 Å². The van der Waals surface area contributed by atoms with Crippen molar-refractivity contribution < 1.29 is 4.79 Å². The van der Waals surface area contributed by atoms with Crippen LogP contribution in [0, 0.1) is 0 Å². The first kappa shape index (κ1) is 13.5. The molecule has 0 radical (unpaired) electrons. The summed E-state index contributed by atoms with van der Waals surface area (Å²) in [5.41, 5.74) is 1.69. The molecule has 1 aromatic carbocycles. The first-order valence-electron chi connectivity index (χ1n) is 6.58. The molecule has 0 aliphatic carbocycles. The molecule has 1 N–H and O–H groups in total. The lowest BCUT2D eigenvalue weighted by molar-refractivity contribution is -0.116. The van der Waals surface area contributed by atoms with Gasteiger partial charge in [0.2, 0.25) is 5.91 Å². The highest BCUT2D eigenvalue weighted by Gasteiger charge is 2.04. The Labute approximate surface area is 126 Å². The highest BCUT2D eigenvalue weighted by atomic mass is 32.1. The van der Waals surface area contributed by atoms with Crippen LogP contribution in [0.15, 0.2) is 54.4 Å². The number of aryl methyl sites for hydroxylation is 1. The van der Waals surface area contributed by atoms with Gasteiger partial charge >= 0.3 is 0 Å². The average Bonchev–Trinajstić information content (AvgIpc) is 3.19. The number of carbonyl (C=O) groups is 1. The van der Waals surface area contributed by atoms with Gasteiger partial charge in [0.15, 0.2) is 0 Å². The molecule has 0 fully saturated rings. The molecule has 0 saturated carbocycles. The molecule has 21 heavy (non-hydrogen) atoms. The van der Waals surface area contributed by atoms with E-state index in [4.69, 9.17) is 0 Å². The third-order valence-electron chi connectivity index (χ3n) is 3.01. The molecule has 0 bridgehead atoms. The summed E-state index contributed by atoms with van der Waals surface area (Å²) in [5, 5.41) is 8.98. The quantitative estimate of drug-likeness (QED) is 0.788. The van der Waals surface area contributed by atoms with Crippen LogP contribution >= 0.6 is 11.3 Å². The summed E-state index contributed by atoms with van der Waals surface area (Å²) >= 11 is 1.68. The Morgan fingerprint density at radius 1 is 1.24 bits per heavy atom. The number of nitrogens with zero attached hydrogens (tertiary/aromatic N) is 3. The van der Waals surface area contributed by atoms with Gasteiger partial charge in [-0.05, 0) is 42.1 Å². The number of hydrogen-bond acceptors (Lipinski definition) is 4. The maximum atomic E-state index is 11.9. The van der Waals surface area contributed by atoms with E-state index in [1.807, 2.05) is 41.8 Å². The van der Waals surface area contributed by atoms with Gasteiger partial charge in [-0.2, -0.15) is 5.10 Å². The number of hydrogen-bond donors (Lipinski definition) is 1. The molecule has 1 amide bonds. The summed E-state index contributed by atoms with van der Waals surface area (Å²) in [6.45, 7) is 0. The minimum atomic E-state index is 0.0249. The van der Waals surface area contributed by atoms with E-state index in [0.717, 1.165) is 17.8 Å². The smallest absolute Gasteiger partial charge is 0.224 e. The number of nitrogens with one attached hydrogen (secondary N) is 1. The van der Waals surface area contributed by atoms with Gasteiger partial charge in [0.05, 0.1) is 5.69 Å². The predicted octanol–water partition coefficient (Wildman–Crippen LogP) is 2.90. The van der Waals surface area contributed by atoms with Crippen molar-refractivity contribution in [2.45, 2.75) is 12.8 Å². The molecule has 3 aromatic rings. The molecule has 0 unspecified atom stereocenters. The van der Waals surface area contributed by atoms with Gasteiger partial charge in [0.1, 0.15) is 12.7 Å². The Morgan fingerprint density at radius 3 is 2.76 bits per heavy atom. The molecule has 6 heteroatoms. The fourth-order valence-electron chi connectivity index (χ4n) is 1.95. The molecule has 0 saturated heterocycles. The molecule has 5 nitrogen and oxygen atoms in total. The highest BCUT2D eigenvalue weighted by molar-refractivity contribution is 7.09. The lowest BCUT2D eigenvalue weighted by Crippen LogP contribution is -2.12. The van der Waals surface area contributed by atoms with Gasteiger partial charge in [-0.1, -0.05) is 6.07 Å². The fraction of sp³-hybridized carbons (Fsp3) is 0.133. The van der Waals surface area contributed by atoms with Crippen molar-refractivity contribution in [2.24, 2.45) is 0 Å². The minimum Gasteiger partial charge on any atom is -0.326 e. The molecular weight excluding hydrogens is 284 g/mol. The molecule has 2 aromatic heterocycles. The molecule has 0 aliphatic heterocycles. The third-order valence-corrected chi connectivity index (χ3v) is 3.95. The second kappa shape index (κ2) is 6.32. The van der Waals surface area contributed by atoms with Gasteiger partial charge < -0.3 is 5.32 Å². The molecule has 0 atom stereocenters. The van der Waals surface area contributed by atoms with E-state index in [2.05, 4.69) is 15.4 Å². The SMILES string of the molecule is O=C(CCc1cccs1)Nc1ccc(-n2cncn2)cc1. The highest BCUT2D eigenvalue weighted by Crippen LogP contribution is 2.14. The summed E-state index contributed by atoms with van der Waals surface area (Å²) in [6, 6.07) is 11.6. The number of rotatable bonds is 5. The van der Waals surface area contributed by atoms with Crippen LogP contribution in [0.5, 0.6) is 0 Å². The summed E-state index contributed by atoms with van der Waals surface area (Å²) in [7, 11) is 0. The second-order valence-corrected chi connectivity index (χ2v) is 5.55. The Morgan fingerprint density at radius 2 is 2.10 bits per heavy atom. The fourth-order valence-corrected chi connectivity index (χ4v) is 2.66. The van der Waals surface area contributed by atoms with Crippen molar-refractivity contribution in [1.29, 1.82) is 0 Å². The van der Waals surface area contributed by atoms with Gasteiger partial charge in [0, 0.05) is 17.0 Å². The monoisotopic (exact) mass is 298 g/mol. The summed E-state index contributed by atoms with van der Waals surface area (Å²) in [4.78, 5) is 17.0. The number of aromatic nitrogens is 3. The largest absolute Gasteiger partial charge is 0.326 e. The van der Waals surface area contributed by atoms with Gasteiger partial charge in [-0.15, -0.1) is 11.3 Å². The number of benzene rings is 1. The molecule has 0 aliphatic rings. The topological polar surface area (TPSA) is 59.8 Å². The lowest BCUT2D eigenvalue weighted by atomic mass is 10.2. The average molecular weight is 298 g/mol. The number of thiophene rings is 1. The van der Waals surface area contributed by atoms with Crippen LogP contribution in [0.4, 0.5) is 5.69 Å². The van der Waals surface area contributed by atoms with Gasteiger partial charge in [-0.3, -0.25) is 4.79 Å². The Hall–Kier alpha value is -2.47. The molecule has 3 rings (SSSR count). The molecule has 2 heterocycles. The zero-order chi connectivity index (χ0) is 14.5. The number of carbonyl (C=O) groups excluding carboxylic acids is 1. The molecular formula is C15H14N4OS. The van der Waals surface area contributed by atoms with E-state index in [1.54, 1.807) is 22.3 Å². The Bertz CT molecular complexity index is 690. The molecule has 0 spiro atoms. The first-order chi connectivity index (χ1) is 10.3. The zero-order valence-electron chi connectivity index (χ0n) is 11.3. The third kappa shape index (κ3) is 3.55. The van der Waals surface area contributed by atoms with E-state index in [0.29, 0.717) is 6.42 Å². The van der Waals surface area contributed by atoms with E-state index in [1.165, 1.54) is 11.2 Å².